The highest BCUT2D eigenvalue weighted by molar-refractivity contribution is 7.13. The Morgan fingerprint density at radius 1 is 1.35 bits per heavy atom. The first kappa shape index (κ1) is 11.6. The fraction of sp³-hybridized carbons (Fsp3) is 0.214. The van der Waals surface area contributed by atoms with Gasteiger partial charge in [0.1, 0.15) is 0 Å². The van der Waals surface area contributed by atoms with E-state index in [1.165, 1.54) is 22.6 Å². The molecular formula is C14H12N4OS. The highest BCUT2D eigenvalue weighted by atomic mass is 32.1. The lowest BCUT2D eigenvalue weighted by Crippen LogP contribution is -2.05. The average Bonchev–Trinajstić information content (AvgIpc) is 3.19. The Kier molecular flexibility index (Phi) is 2.74. The van der Waals surface area contributed by atoms with E-state index in [1.807, 2.05) is 6.07 Å². The Hall–Kier alpha value is -2.21. The molecular weight excluding hydrogens is 272 g/mol. The normalized spacial score (nSPS) is 16.9. The molecule has 0 saturated heterocycles. The van der Waals surface area contributed by atoms with Crippen LogP contribution < -0.4 is 5.32 Å². The molecule has 3 aromatic rings. The fourth-order valence-electron chi connectivity index (χ4n) is 2.51. The standard InChI is InChI=1S/C14H12N4OS/c1-2-4-11-10(3-1)9(6-16-11)5-13-17-14(18-19-13)12-7-15-8-20-12/h1-4,7-9,16H,5-6H2. The number of anilines is 1. The first-order valence-electron chi connectivity index (χ1n) is 6.44. The van der Waals surface area contributed by atoms with E-state index in [-0.39, 0.29) is 0 Å². The van der Waals surface area contributed by atoms with Crippen LogP contribution in [-0.2, 0) is 6.42 Å². The van der Waals surface area contributed by atoms with Crippen LogP contribution in [0.5, 0.6) is 0 Å². The Morgan fingerprint density at radius 2 is 2.30 bits per heavy atom. The Balaban J connectivity index is 1.56. The first-order valence-corrected chi connectivity index (χ1v) is 7.32. The molecule has 1 aliphatic heterocycles. The molecule has 5 nitrogen and oxygen atoms in total. The lowest BCUT2D eigenvalue weighted by Gasteiger charge is -2.05. The van der Waals surface area contributed by atoms with Gasteiger partial charge in [0, 0.05) is 30.8 Å². The van der Waals surface area contributed by atoms with Gasteiger partial charge in [0.15, 0.2) is 0 Å². The van der Waals surface area contributed by atoms with Crippen LogP contribution in [0.15, 0.2) is 40.5 Å². The van der Waals surface area contributed by atoms with Gasteiger partial charge in [0.2, 0.25) is 11.7 Å². The van der Waals surface area contributed by atoms with E-state index in [9.17, 15) is 0 Å². The number of fused-ring (bicyclic) bond motifs is 1. The topological polar surface area (TPSA) is 63.8 Å². The van der Waals surface area contributed by atoms with Gasteiger partial charge in [-0.2, -0.15) is 4.98 Å². The molecule has 20 heavy (non-hydrogen) atoms. The number of thiazole rings is 1. The van der Waals surface area contributed by atoms with Crippen molar-refractivity contribution in [2.45, 2.75) is 12.3 Å². The molecule has 6 heteroatoms. The third kappa shape index (κ3) is 1.98. The monoisotopic (exact) mass is 284 g/mol. The molecule has 2 aromatic heterocycles. The van der Waals surface area contributed by atoms with E-state index < -0.39 is 0 Å². The second-order valence-corrected chi connectivity index (χ2v) is 5.63. The van der Waals surface area contributed by atoms with Crippen molar-refractivity contribution < 1.29 is 4.52 Å². The Labute approximate surface area is 119 Å². The quantitative estimate of drug-likeness (QED) is 0.801. The van der Waals surface area contributed by atoms with Crippen molar-refractivity contribution in [3.8, 4) is 10.7 Å². The van der Waals surface area contributed by atoms with Gasteiger partial charge in [-0.25, -0.2) is 0 Å². The molecule has 1 N–H and O–H groups in total. The summed E-state index contributed by atoms with van der Waals surface area (Å²) in [5, 5.41) is 7.43. The minimum absolute atomic E-state index is 0.390. The van der Waals surface area contributed by atoms with Crippen molar-refractivity contribution in [3.05, 3.63) is 47.4 Å². The minimum atomic E-state index is 0.390. The molecule has 1 unspecified atom stereocenters. The van der Waals surface area contributed by atoms with Crippen molar-refractivity contribution in [3.63, 3.8) is 0 Å². The molecule has 1 atom stereocenters. The summed E-state index contributed by atoms with van der Waals surface area (Å²) in [6, 6.07) is 8.37. The van der Waals surface area contributed by atoms with Crippen molar-refractivity contribution >= 4 is 17.0 Å². The highest BCUT2D eigenvalue weighted by Crippen LogP contribution is 2.33. The summed E-state index contributed by atoms with van der Waals surface area (Å²) in [5.41, 5.74) is 4.30. The van der Waals surface area contributed by atoms with Gasteiger partial charge in [-0.15, -0.1) is 11.3 Å². The second-order valence-electron chi connectivity index (χ2n) is 4.75. The lowest BCUT2D eigenvalue weighted by molar-refractivity contribution is 0.372. The molecule has 3 heterocycles. The SMILES string of the molecule is c1ccc2c(c1)NCC2Cc1nc(-c2cncs2)no1. The summed E-state index contributed by atoms with van der Waals surface area (Å²) in [5.74, 6) is 1.69. The number of nitrogens with one attached hydrogen (secondary N) is 1. The van der Waals surface area contributed by atoms with Crippen LogP contribution in [-0.4, -0.2) is 21.7 Å². The van der Waals surface area contributed by atoms with E-state index in [1.54, 1.807) is 11.7 Å². The number of rotatable bonds is 3. The minimum Gasteiger partial charge on any atom is -0.384 e. The van der Waals surface area contributed by atoms with Gasteiger partial charge < -0.3 is 9.84 Å². The van der Waals surface area contributed by atoms with Crippen molar-refractivity contribution in [1.82, 2.24) is 15.1 Å². The molecule has 0 radical (unpaired) electrons. The molecule has 1 aliphatic rings. The number of hydrogen-bond acceptors (Lipinski definition) is 6. The van der Waals surface area contributed by atoms with Crippen molar-refractivity contribution in [2.24, 2.45) is 0 Å². The summed E-state index contributed by atoms with van der Waals surface area (Å²) in [6.07, 6.45) is 2.52. The molecule has 0 aliphatic carbocycles. The molecule has 4 rings (SSSR count). The van der Waals surface area contributed by atoms with Gasteiger partial charge in [0.05, 0.1) is 10.4 Å². The summed E-state index contributed by atoms with van der Waals surface area (Å²) >= 11 is 1.51. The molecule has 0 fully saturated rings. The molecule has 0 spiro atoms. The van der Waals surface area contributed by atoms with E-state index in [0.29, 0.717) is 17.6 Å². The number of hydrogen-bond donors (Lipinski definition) is 1. The van der Waals surface area contributed by atoms with Crippen LogP contribution in [0.4, 0.5) is 5.69 Å². The zero-order valence-corrected chi connectivity index (χ0v) is 11.4. The third-order valence-electron chi connectivity index (χ3n) is 3.48. The zero-order chi connectivity index (χ0) is 13.4. The van der Waals surface area contributed by atoms with Gasteiger partial charge >= 0.3 is 0 Å². The predicted molar refractivity (Wildman–Crippen MR) is 76.8 cm³/mol. The van der Waals surface area contributed by atoms with E-state index in [0.717, 1.165) is 17.8 Å². The van der Waals surface area contributed by atoms with Crippen LogP contribution in [0.3, 0.4) is 0 Å². The molecule has 0 amide bonds. The maximum absolute atomic E-state index is 5.36. The second kappa shape index (κ2) is 4.72. The number of nitrogens with zero attached hydrogens (tertiary/aromatic N) is 3. The van der Waals surface area contributed by atoms with Crippen molar-refractivity contribution in [1.29, 1.82) is 0 Å². The first-order chi connectivity index (χ1) is 9.90. The van der Waals surface area contributed by atoms with Crippen LogP contribution in [0.2, 0.25) is 0 Å². The Morgan fingerprint density at radius 3 is 3.20 bits per heavy atom. The zero-order valence-electron chi connectivity index (χ0n) is 10.6. The van der Waals surface area contributed by atoms with Gasteiger partial charge in [-0.1, -0.05) is 23.4 Å². The van der Waals surface area contributed by atoms with E-state index in [4.69, 9.17) is 4.52 Å². The van der Waals surface area contributed by atoms with E-state index >= 15 is 0 Å². The van der Waals surface area contributed by atoms with Crippen LogP contribution in [0.1, 0.15) is 17.4 Å². The fourth-order valence-corrected chi connectivity index (χ4v) is 3.06. The smallest absolute Gasteiger partial charge is 0.227 e. The number of para-hydroxylation sites is 1. The molecule has 100 valence electrons. The lowest BCUT2D eigenvalue weighted by atomic mass is 9.98. The van der Waals surface area contributed by atoms with Crippen LogP contribution in [0, 0.1) is 0 Å². The van der Waals surface area contributed by atoms with Gasteiger partial charge in [-0.05, 0) is 11.6 Å². The largest absolute Gasteiger partial charge is 0.384 e. The average molecular weight is 284 g/mol. The number of aromatic nitrogens is 3. The van der Waals surface area contributed by atoms with Gasteiger partial charge in [-0.3, -0.25) is 4.98 Å². The molecule has 1 aromatic carbocycles. The van der Waals surface area contributed by atoms with E-state index in [2.05, 4.69) is 38.6 Å². The summed E-state index contributed by atoms with van der Waals surface area (Å²) in [7, 11) is 0. The van der Waals surface area contributed by atoms with Crippen molar-refractivity contribution in [2.75, 3.05) is 11.9 Å². The summed E-state index contributed by atoms with van der Waals surface area (Å²) < 4.78 is 5.36. The predicted octanol–water partition coefficient (Wildman–Crippen LogP) is 2.94. The maximum Gasteiger partial charge on any atom is 0.227 e. The highest BCUT2D eigenvalue weighted by Gasteiger charge is 2.24. The summed E-state index contributed by atoms with van der Waals surface area (Å²) in [4.78, 5) is 9.42. The van der Waals surface area contributed by atoms with Gasteiger partial charge in [0.25, 0.3) is 0 Å². The van der Waals surface area contributed by atoms with Crippen LogP contribution >= 0.6 is 11.3 Å². The summed E-state index contributed by atoms with van der Waals surface area (Å²) in [6.45, 7) is 0.914. The Bertz CT molecular complexity index is 722. The third-order valence-corrected chi connectivity index (χ3v) is 4.25. The maximum atomic E-state index is 5.36. The molecule has 0 saturated carbocycles. The number of benzene rings is 1. The van der Waals surface area contributed by atoms with Crippen LogP contribution in [0.25, 0.3) is 10.7 Å². The molecule has 0 bridgehead atoms.